The summed E-state index contributed by atoms with van der Waals surface area (Å²) in [6.45, 7) is 2.54. The van der Waals surface area contributed by atoms with E-state index < -0.39 is 0 Å². The van der Waals surface area contributed by atoms with E-state index in [9.17, 15) is 9.59 Å². The molecule has 0 bridgehead atoms. The second-order valence-corrected chi connectivity index (χ2v) is 7.16. The van der Waals surface area contributed by atoms with Gasteiger partial charge in [0.25, 0.3) is 0 Å². The van der Waals surface area contributed by atoms with E-state index in [0.29, 0.717) is 31.3 Å². The van der Waals surface area contributed by atoms with E-state index in [4.69, 9.17) is 10.2 Å². The fourth-order valence-corrected chi connectivity index (χ4v) is 4.43. The first-order valence-corrected chi connectivity index (χ1v) is 8.46. The van der Waals surface area contributed by atoms with Crippen LogP contribution in [0.3, 0.4) is 0 Å². The molecule has 4 atom stereocenters. The molecule has 1 aliphatic carbocycles. The highest BCUT2D eigenvalue weighted by Crippen LogP contribution is 2.38. The Morgan fingerprint density at radius 1 is 1.29 bits per heavy atom. The van der Waals surface area contributed by atoms with Crippen LogP contribution in [-0.4, -0.2) is 47.3 Å². The SMILES string of the molecule is Cl.NC1CCC2CN(C(=O)C3CC(=O)N(Cc4ccco4)C3)CC12. The smallest absolute Gasteiger partial charge is 0.228 e. The summed E-state index contributed by atoms with van der Waals surface area (Å²) in [6, 6.07) is 3.90. The Bertz CT molecular complexity index is 606. The van der Waals surface area contributed by atoms with Crippen LogP contribution in [0, 0.1) is 17.8 Å². The maximum atomic E-state index is 12.8. The number of likely N-dealkylation sites (tertiary alicyclic amines) is 2. The van der Waals surface area contributed by atoms with Crippen LogP contribution in [0.5, 0.6) is 0 Å². The van der Waals surface area contributed by atoms with Crippen molar-refractivity contribution in [1.29, 1.82) is 0 Å². The lowest BCUT2D eigenvalue weighted by atomic mass is 9.98. The fourth-order valence-electron chi connectivity index (χ4n) is 4.43. The molecule has 0 spiro atoms. The third-order valence-electron chi connectivity index (χ3n) is 5.71. The lowest BCUT2D eigenvalue weighted by Gasteiger charge is -2.22. The summed E-state index contributed by atoms with van der Waals surface area (Å²) in [4.78, 5) is 28.6. The van der Waals surface area contributed by atoms with Gasteiger partial charge in [-0.25, -0.2) is 0 Å². The minimum atomic E-state index is -0.215. The van der Waals surface area contributed by atoms with Crippen molar-refractivity contribution < 1.29 is 14.0 Å². The summed E-state index contributed by atoms with van der Waals surface area (Å²) in [5, 5.41) is 0. The van der Waals surface area contributed by atoms with Crippen molar-refractivity contribution in [3.05, 3.63) is 24.2 Å². The highest BCUT2D eigenvalue weighted by molar-refractivity contribution is 5.89. The molecular formula is C17H24ClN3O3. The van der Waals surface area contributed by atoms with Crippen LogP contribution in [0.15, 0.2) is 22.8 Å². The zero-order valence-electron chi connectivity index (χ0n) is 13.6. The van der Waals surface area contributed by atoms with Gasteiger partial charge in [0.05, 0.1) is 18.7 Å². The largest absolute Gasteiger partial charge is 0.467 e. The first-order chi connectivity index (χ1) is 11.1. The maximum Gasteiger partial charge on any atom is 0.228 e. The van der Waals surface area contributed by atoms with Gasteiger partial charge < -0.3 is 20.0 Å². The van der Waals surface area contributed by atoms with Gasteiger partial charge in [0, 0.05) is 32.1 Å². The molecule has 0 radical (unpaired) electrons. The maximum absolute atomic E-state index is 12.8. The fraction of sp³-hybridized carbons (Fsp3) is 0.647. The minimum absolute atomic E-state index is 0. The van der Waals surface area contributed by atoms with Crippen molar-refractivity contribution in [3.63, 3.8) is 0 Å². The molecule has 1 saturated carbocycles. The number of hydrogen-bond donors (Lipinski definition) is 1. The van der Waals surface area contributed by atoms with Gasteiger partial charge in [-0.15, -0.1) is 12.4 Å². The Hall–Kier alpha value is -1.53. The molecule has 4 rings (SSSR count). The summed E-state index contributed by atoms with van der Waals surface area (Å²) in [7, 11) is 0. The van der Waals surface area contributed by atoms with Gasteiger partial charge in [0.15, 0.2) is 0 Å². The van der Waals surface area contributed by atoms with Crippen molar-refractivity contribution >= 4 is 24.2 Å². The molecule has 1 aromatic rings. The van der Waals surface area contributed by atoms with Crippen LogP contribution in [0.1, 0.15) is 25.0 Å². The first kappa shape index (κ1) is 17.3. The molecule has 3 aliphatic rings. The Labute approximate surface area is 147 Å². The number of fused-ring (bicyclic) bond motifs is 1. The molecule has 3 heterocycles. The molecule has 0 aromatic carbocycles. The topological polar surface area (TPSA) is 79.8 Å². The van der Waals surface area contributed by atoms with Crippen LogP contribution in [0.4, 0.5) is 0 Å². The van der Waals surface area contributed by atoms with Gasteiger partial charge in [-0.1, -0.05) is 0 Å². The molecule has 132 valence electrons. The summed E-state index contributed by atoms with van der Waals surface area (Å²) < 4.78 is 5.30. The number of furan rings is 1. The van der Waals surface area contributed by atoms with Gasteiger partial charge in [-0.2, -0.15) is 0 Å². The molecule has 6 nitrogen and oxygen atoms in total. The summed E-state index contributed by atoms with van der Waals surface area (Å²) in [5.41, 5.74) is 6.14. The van der Waals surface area contributed by atoms with E-state index in [-0.39, 0.29) is 36.2 Å². The van der Waals surface area contributed by atoms with E-state index in [2.05, 4.69) is 0 Å². The Kier molecular flexibility index (Phi) is 4.88. The first-order valence-electron chi connectivity index (χ1n) is 8.46. The van der Waals surface area contributed by atoms with Crippen molar-refractivity contribution in [2.75, 3.05) is 19.6 Å². The summed E-state index contributed by atoms with van der Waals surface area (Å²) >= 11 is 0. The number of rotatable bonds is 3. The molecule has 1 aromatic heterocycles. The normalized spacial score (nSPS) is 32.1. The number of nitrogens with two attached hydrogens (primary N) is 1. The summed E-state index contributed by atoms with van der Waals surface area (Å²) in [6.07, 6.45) is 4.13. The standard InChI is InChI=1S/C17H23N3O3.ClH/c18-15-4-3-11-7-20(10-14(11)15)17(22)12-6-16(21)19(8-12)9-13-2-1-5-23-13;/h1-2,5,11-12,14-15H,3-4,6-10,18H2;1H. The molecule has 3 fully saturated rings. The van der Waals surface area contributed by atoms with E-state index >= 15 is 0 Å². The van der Waals surface area contributed by atoms with Gasteiger partial charge in [-0.05, 0) is 36.8 Å². The highest BCUT2D eigenvalue weighted by atomic mass is 35.5. The molecule has 7 heteroatoms. The monoisotopic (exact) mass is 353 g/mol. The van der Waals surface area contributed by atoms with Crippen molar-refractivity contribution in [3.8, 4) is 0 Å². The molecule has 4 unspecified atom stereocenters. The van der Waals surface area contributed by atoms with Crippen LogP contribution in [0.25, 0.3) is 0 Å². The van der Waals surface area contributed by atoms with E-state index in [1.807, 2.05) is 17.0 Å². The van der Waals surface area contributed by atoms with Crippen LogP contribution in [0.2, 0.25) is 0 Å². The minimum Gasteiger partial charge on any atom is -0.467 e. The second-order valence-electron chi connectivity index (χ2n) is 7.16. The van der Waals surface area contributed by atoms with Crippen molar-refractivity contribution in [1.82, 2.24) is 9.80 Å². The molecule has 2 saturated heterocycles. The van der Waals surface area contributed by atoms with Crippen molar-refractivity contribution in [2.24, 2.45) is 23.5 Å². The van der Waals surface area contributed by atoms with E-state index in [1.165, 1.54) is 0 Å². The lowest BCUT2D eigenvalue weighted by Crippen LogP contribution is -2.38. The molecular weight excluding hydrogens is 330 g/mol. The lowest BCUT2D eigenvalue weighted by molar-refractivity contribution is -0.135. The van der Waals surface area contributed by atoms with Gasteiger partial charge >= 0.3 is 0 Å². The number of nitrogens with zero attached hydrogens (tertiary/aromatic N) is 2. The molecule has 24 heavy (non-hydrogen) atoms. The third-order valence-corrected chi connectivity index (χ3v) is 5.71. The Morgan fingerprint density at radius 2 is 2.12 bits per heavy atom. The van der Waals surface area contributed by atoms with Gasteiger partial charge in [-0.3, -0.25) is 9.59 Å². The number of amides is 2. The van der Waals surface area contributed by atoms with Crippen molar-refractivity contribution in [2.45, 2.75) is 31.8 Å². The molecule has 2 N–H and O–H groups in total. The highest BCUT2D eigenvalue weighted by Gasteiger charge is 2.45. The zero-order chi connectivity index (χ0) is 16.0. The summed E-state index contributed by atoms with van der Waals surface area (Å²) in [5.74, 6) is 1.72. The van der Waals surface area contributed by atoms with Gasteiger partial charge in [0.2, 0.25) is 11.8 Å². The second kappa shape index (κ2) is 6.76. The number of halogens is 1. The quantitative estimate of drug-likeness (QED) is 0.886. The zero-order valence-corrected chi connectivity index (χ0v) is 14.4. The number of hydrogen-bond acceptors (Lipinski definition) is 4. The number of carbonyl (C=O) groups excluding carboxylic acids is 2. The average molecular weight is 354 g/mol. The third kappa shape index (κ3) is 3.05. The van der Waals surface area contributed by atoms with E-state index in [0.717, 1.165) is 31.7 Å². The van der Waals surface area contributed by atoms with E-state index in [1.54, 1.807) is 11.2 Å². The molecule has 2 amide bonds. The van der Waals surface area contributed by atoms with Gasteiger partial charge in [0.1, 0.15) is 5.76 Å². The predicted molar refractivity (Wildman–Crippen MR) is 90.2 cm³/mol. The predicted octanol–water partition coefficient (Wildman–Crippen LogP) is 1.25. The number of carbonyl (C=O) groups is 2. The van der Waals surface area contributed by atoms with Crippen LogP contribution < -0.4 is 5.73 Å². The Balaban J connectivity index is 0.00000169. The van der Waals surface area contributed by atoms with Crippen LogP contribution >= 0.6 is 12.4 Å². The van der Waals surface area contributed by atoms with Crippen LogP contribution in [-0.2, 0) is 16.1 Å². The average Bonchev–Trinajstić information content (AvgIpc) is 3.27. The Morgan fingerprint density at radius 3 is 2.83 bits per heavy atom. The molecule has 2 aliphatic heterocycles.